The Morgan fingerprint density at radius 2 is 2.30 bits per heavy atom. The van der Waals surface area contributed by atoms with Crippen molar-refractivity contribution in [3.05, 3.63) is 22.6 Å². The van der Waals surface area contributed by atoms with Crippen LogP contribution in [0.1, 0.15) is 20.3 Å². The monoisotopic (exact) mass is 343 g/mol. The molecule has 112 valence electrons. The summed E-state index contributed by atoms with van der Waals surface area (Å²) in [4.78, 5) is 14.3. The summed E-state index contributed by atoms with van der Waals surface area (Å²) >= 11 is 3.47. The fraction of sp³-hybridized carbons (Fsp3) is 0.714. The molecule has 2 rings (SSSR count). The molecule has 0 amide bonds. The van der Waals surface area contributed by atoms with Crippen LogP contribution in [-0.4, -0.2) is 41.4 Å². The van der Waals surface area contributed by atoms with E-state index in [1.807, 2.05) is 0 Å². The fourth-order valence-corrected chi connectivity index (χ4v) is 2.50. The Balaban J connectivity index is 2.12. The Bertz CT molecular complexity index is 515. The minimum absolute atomic E-state index is 0.00708. The maximum atomic E-state index is 12.2. The second kappa shape index (κ2) is 6.26. The van der Waals surface area contributed by atoms with Crippen molar-refractivity contribution < 1.29 is 4.74 Å². The molecule has 0 radical (unpaired) electrons. The smallest absolute Gasteiger partial charge is 0.268 e. The summed E-state index contributed by atoms with van der Waals surface area (Å²) in [5, 5.41) is 5.14. The molecule has 0 saturated carbocycles. The largest absolute Gasteiger partial charge is 0.380 e. The lowest BCUT2D eigenvalue weighted by Crippen LogP contribution is -2.32. The van der Waals surface area contributed by atoms with E-state index in [-0.39, 0.29) is 17.1 Å². The van der Waals surface area contributed by atoms with Crippen LogP contribution in [0.5, 0.6) is 0 Å². The summed E-state index contributed by atoms with van der Waals surface area (Å²) in [6, 6.07) is 1.68. The van der Waals surface area contributed by atoms with E-state index in [0.717, 1.165) is 30.5 Å². The molecule has 0 aliphatic carbocycles. The molecule has 1 aromatic heterocycles. The highest BCUT2D eigenvalue weighted by Gasteiger charge is 2.23. The molecule has 1 aromatic rings. The van der Waals surface area contributed by atoms with Gasteiger partial charge in [-0.05, 0) is 11.8 Å². The molecule has 2 heterocycles. The first-order chi connectivity index (χ1) is 9.45. The summed E-state index contributed by atoms with van der Waals surface area (Å²) in [5.41, 5.74) is 0.854. The van der Waals surface area contributed by atoms with Crippen molar-refractivity contribution in [1.82, 2.24) is 9.78 Å². The maximum Gasteiger partial charge on any atom is 0.268 e. The van der Waals surface area contributed by atoms with E-state index < -0.39 is 0 Å². The van der Waals surface area contributed by atoms with E-state index >= 15 is 0 Å². The van der Waals surface area contributed by atoms with Gasteiger partial charge in [0.15, 0.2) is 0 Å². The predicted molar refractivity (Wildman–Crippen MR) is 83.7 cm³/mol. The van der Waals surface area contributed by atoms with Gasteiger partial charge in [0.05, 0.1) is 24.5 Å². The van der Waals surface area contributed by atoms with Gasteiger partial charge in [0.2, 0.25) is 0 Å². The van der Waals surface area contributed by atoms with E-state index in [1.165, 1.54) is 4.68 Å². The molecular formula is C14H22BrN3O2. The van der Waals surface area contributed by atoms with Gasteiger partial charge in [-0.1, -0.05) is 29.8 Å². The number of ether oxygens (including phenoxy) is 1. The van der Waals surface area contributed by atoms with Crippen LogP contribution in [0.4, 0.5) is 5.69 Å². The van der Waals surface area contributed by atoms with Crippen molar-refractivity contribution in [2.45, 2.75) is 32.9 Å². The van der Waals surface area contributed by atoms with Gasteiger partial charge >= 0.3 is 0 Å². The molecule has 0 bridgehead atoms. The van der Waals surface area contributed by atoms with Crippen molar-refractivity contribution >= 4 is 21.6 Å². The van der Waals surface area contributed by atoms with Gasteiger partial charge in [-0.2, -0.15) is 5.10 Å². The van der Waals surface area contributed by atoms with Gasteiger partial charge in [0.25, 0.3) is 5.56 Å². The molecule has 1 saturated heterocycles. The van der Waals surface area contributed by atoms with Gasteiger partial charge in [-0.25, -0.2) is 4.68 Å². The quantitative estimate of drug-likeness (QED) is 0.766. The zero-order valence-electron chi connectivity index (χ0n) is 12.3. The average molecular weight is 344 g/mol. The molecule has 1 aliphatic rings. The van der Waals surface area contributed by atoms with Crippen molar-refractivity contribution in [1.29, 1.82) is 0 Å². The highest BCUT2D eigenvalue weighted by atomic mass is 79.9. The molecule has 20 heavy (non-hydrogen) atoms. The van der Waals surface area contributed by atoms with Gasteiger partial charge in [0, 0.05) is 31.6 Å². The third-order valence-corrected chi connectivity index (χ3v) is 5.16. The van der Waals surface area contributed by atoms with Crippen molar-refractivity contribution in [3.8, 4) is 0 Å². The summed E-state index contributed by atoms with van der Waals surface area (Å²) in [5.74, 6) is 0. The average Bonchev–Trinajstić information content (AvgIpc) is 2.90. The lowest BCUT2D eigenvalue weighted by atomic mass is 9.97. The third kappa shape index (κ3) is 3.61. The molecule has 1 atom stereocenters. The van der Waals surface area contributed by atoms with Gasteiger partial charge in [-0.3, -0.25) is 4.79 Å². The van der Waals surface area contributed by atoms with E-state index in [0.29, 0.717) is 6.54 Å². The van der Waals surface area contributed by atoms with E-state index in [1.54, 1.807) is 19.4 Å². The fourth-order valence-electron chi connectivity index (χ4n) is 2.32. The first-order valence-electron chi connectivity index (χ1n) is 6.86. The van der Waals surface area contributed by atoms with E-state index in [4.69, 9.17) is 4.74 Å². The van der Waals surface area contributed by atoms with Crippen LogP contribution in [0.25, 0.3) is 0 Å². The standard InChI is InChI=1S/C14H22BrN3O2/c1-14(2,9-15)10-18-13(19)6-11(7-16-18)17-5-4-12(8-17)20-3/h6-7,12H,4-5,8-10H2,1-3H3. The highest BCUT2D eigenvalue weighted by molar-refractivity contribution is 9.09. The number of rotatable bonds is 5. The Kier molecular flexibility index (Phi) is 4.86. The Morgan fingerprint density at radius 3 is 2.85 bits per heavy atom. The molecule has 5 nitrogen and oxygen atoms in total. The van der Waals surface area contributed by atoms with E-state index in [9.17, 15) is 4.79 Å². The molecule has 1 unspecified atom stereocenters. The second-order valence-corrected chi connectivity index (χ2v) is 6.66. The van der Waals surface area contributed by atoms with Crippen LogP contribution in [0.3, 0.4) is 0 Å². The van der Waals surface area contributed by atoms with Crippen LogP contribution in [0.15, 0.2) is 17.1 Å². The van der Waals surface area contributed by atoms with Crippen molar-refractivity contribution in [3.63, 3.8) is 0 Å². The topological polar surface area (TPSA) is 47.4 Å². The number of hydrogen-bond acceptors (Lipinski definition) is 4. The number of aromatic nitrogens is 2. The Morgan fingerprint density at radius 1 is 1.55 bits per heavy atom. The maximum absolute atomic E-state index is 12.2. The minimum Gasteiger partial charge on any atom is -0.380 e. The molecule has 1 fully saturated rings. The molecule has 0 aromatic carbocycles. The lowest BCUT2D eigenvalue weighted by Gasteiger charge is -2.23. The minimum atomic E-state index is -0.0441. The number of anilines is 1. The van der Waals surface area contributed by atoms with Crippen LogP contribution >= 0.6 is 15.9 Å². The van der Waals surface area contributed by atoms with Crippen molar-refractivity contribution in [2.75, 3.05) is 30.4 Å². The summed E-state index contributed by atoms with van der Waals surface area (Å²) in [7, 11) is 1.73. The zero-order chi connectivity index (χ0) is 14.8. The summed E-state index contributed by atoms with van der Waals surface area (Å²) in [6.07, 6.45) is 3.03. The number of methoxy groups -OCH3 is 1. The highest BCUT2D eigenvalue weighted by Crippen LogP contribution is 2.21. The Hall–Kier alpha value is -0.880. The second-order valence-electron chi connectivity index (χ2n) is 6.10. The Labute approximate surface area is 128 Å². The van der Waals surface area contributed by atoms with Crippen LogP contribution < -0.4 is 10.5 Å². The van der Waals surface area contributed by atoms with Gasteiger partial charge in [-0.15, -0.1) is 0 Å². The van der Waals surface area contributed by atoms with Crippen LogP contribution in [0.2, 0.25) is 0 Å². The molecule has 0 N–H and O–H groups in total. The summed E-state index contributed by atoms with van der Waals surface area (Å²) in [6.45, 7) is 6.56. The number of nitrogens with zero attached hydrogens (tertiary/aromatic N) is 3. The molecule has 6 heteroatoms. The normalized spacial score (nSPS) is 19.6. The zero-order valence-corrected chi connectivity index (χ0v) is 13.9. The SMILES string of the molecule is COC1CCN(c2cnn(CC(C)(C)CBr)c(=O)c2)C1. The first kappa shape index (κ1) is 15.5. The molecular weight excluding hydrogens is 322 g/mol. The van der Waals surface area contributed by atoms with Gasteiger partial charge < -0.3 is 9.64 Å². The predicted octanol–water partition coefficient (Wildman–Crippen LogP) is 1.89. The van der Waals surface area contributed by atoms with Crippen LogP contribution in [0, 0.1) is 5.41 Å². The van der Waals surface area contributed by atoms with Crippen molar-refractivity contribution in [2.24, 2.45) is 5.41 Å². The molecule has 1 aliphatic heterocycles. The summed E-state index contributed by atoms with van der Waals surface area (Å²) < 4.78 is 6.88. The number of halogens is 1. The van der Waals surface area contributed by atoms with Gasteiger partial charge in [0.1, 0.15) is 0 Å². The molecule has 0 spiro atoms. The lowest BCUT2D eigenvalue weighted by molar-refractivity contribution is 0.121. The first-order valence-corrected chi connectivity index (χ1v) is 7.98. The number of alkyl halides is 1. The number of hydrogen-bond donors (Lipinski definition) is 0. The van der Waals surface area contributed by atoms with Crippen LogP contribution in [-0.2, 0) is 11.3 Å². The van der Waals surface area contributed by atoms with E-state index in [2.05, 4.69) is 39.8 Å². The third-order valence-electron chi connectivity index (χ3n) is 3.64.